The fourth-order valence-corrected chi connectivity index (χ4v) is 4.31. The minimum Gasteiger partial charge on any atom is -0.488 e. The number of hydrogen-bond acceptors (Lipinski definition) is 5. The summed E-state index contributed by atoms with van der Waals surface area (Å²) in [7, 11) is 0. The maximum absolute atomic E-state index is 12.5. The molecule has 4 rings (SSSR count). The predicted molar refractivity (Wildman–Crippen MR) is 119 cm³/mol. The van der Waals surface area contributed by atoms with Gasteiger partial charge in [0.1, 0.15) is 12.4 Å². The van der Waals surface area contributed by atoms with Gasteiger partial charge < -0.3 is 14.5 Å². The number of para-hydroxylation sites is 1. The highest BCUT2D eigenvalue weighted by Gasteiger charge is 2.29. The van der Waals surface area contributed by atoms with Gasteiger partial charge in [0, 0.05) is 38.7 Å². The van der Waals surface area contributed by atoms with E-state index in [2.05, 4.69) is 9.89 Å². The SMILES string of the molecule is CC(=O)N1CCN(C2=NC(=O)/C(=C/c3ccccc3OCc3ccccc3)S2)CC1. The number of ether oxygens (including phenoxy) is 1. The van der Waals surface area contributed by atoms with Crippen molar-refractivity contribution >= 4 is 34.8 Å². The van der Waals surface area contributed by atoms with Crippen molar-refractivity contribution in [3.05, 3.63) is 70.6 Å². The summed E-state index contributed by atoms with van der Waals surface area (Å²) in [5.74, 6) is 0.576. The molecule has 7 heteroatoms. The van der Waals surface area contributed by atoms with Crippen molar-refractivity contribution in [2.24, 2.45) is 4.99 Å². The Labute approximate surface area is 180 Å². The van der Waals surface area contributed by atoms with E-state index in [0.717, 1.165) is 16.9 Å². The van der Waals surface area contributed by atoms with Gasteiger partial charge in [-0.2, -0.15) is 4.99 Å². The molecule has 2 amide bonds. The summed E-state index contributed by atoms with van der Waals surface area (Å²) < 4.78 is 6.00. The lowest BCUT2D eigenvalue weighted by Crippen LogP contribution is -2.49. The van der Waals surface area contributed by atoms with E-state index < -0.39 is 0 Å². The number of piperazine rings is 1. The lowest BCUT2D eigenvalue weighted by Gasteiger charge is -2.34. The van der Waals surface area contributed by atoms with Crippen LogP contribution in [0, 0.1) is 0 Å². The number of aliphatic imine (C=N–C) groups is 1. The van der Waals surface area contributed by atoms with E-state index in [-0.39, 0.29) is 11.8 Å². The molecule has 0 aliphatic carbocycles. The number of amidine groups is 1. The average molecular weight is 422 g/mol. The Morgan fingerprint density at radius 2 is 1.77 bits per heavy atom. The molecule has 1 fully saturated rings. The molecule has 30 heavy (non-hydrogen) atoms. The fraction of sp³-hybridized carbons (Fsp3) is 0.261. The molecule has 0 atom stereocenters. The van der Waals surface area contributed by atoms with Crippen molar-refractivity contribution in [2.75, 3.05) is 26.2 Å². The second-order valence-corrected chi connectivity index (χ2v) is 8.12. The van der Waals surface area contributed by atoms with Crippen molar-refractivity contribution in [1.29, 1.82) is 0 Å². The number of hydrogen-bond donors (Lipinski definition) is 0. The zero-order valence-electron chi connectivity index (χ0n) is 16.8. The fourth-order valence-electron chi connectivity index (χ4n) is 3.35. The van der Waals surface area contributed by atoms with Gasteiger partial charge in [-0.05, 0) is 29.5 Å². The van der Waals surface area contributed by atoms with Crippen LogP contribution in [-0.4, -0.2) is 53.0 Å². The van der Waals surface area contributed by atoms with Crippen LogP contribution in [0.1, 0.15) is 18.1 Å². The number of nitrogens with zero attached hydrogens (tertiary/aromatic N) is 3. The number of amides is 2. The van der Waals surface area contributed by atoms with Crippen LogP contribution in [-0.2, 0) is 16.2 Å². The van der Waals surface area contributed by atoms with Crippen LogP contribution in [0.5, 0.6) is 5.75 Å². The molecule has 2 aliphatic rings. The Kier molecular flexibility index (Phi) is 6.18. The Morgan fingerprint density at radius 3 is 2.50 bits per heavy atom. The summed E-state index contributed by atoms with van der Waals surface area (Å²) in [6, 6.07) is 17.7. The minimum absolute atomic E-state index is 0.0828. The summed E-state index contributed by atoms with van der Waals surface area (Å²) in [6.45, 7) is 4.71. The van der Waals surface area contributed by atoms with Gasteiger partial charge in [0.25, 0.3) is 5.91 Å². The van der Waals surface area contributed by atoms with Crippen LogP contribution in [0.25, 0.3) is 6.08 Å². The first-order valence-electron chi connectivity index (χ1n) is 9.89. The third-order valence-corrected chi connectivity index (χ3v) is 6.09. The Bertz CT molecular complexity index is 996. The van der Waals surface area contributed by atoms with Gasteiger partial charge >= 0.3 is 0 Å². The predicted octanol–water partition coefficient (Wildman–Crippen LogP) is 3.40. The lowest BCUT2D eigenvalue weighted by molar-refractivity contribution is -0.130. The maximum Gasteiger partial charge on any atom is 0.286 e. The van der Waals surface area contributed by atoms with Crippen LogP contribution in [0.4, 0.5) is 0 Å². The second kappa shape index (κ2) is 9.17. The molecule has 6 nitrogen and oxygen atoms in total. The second-order valence-electron chi connectivity index (χ2n) is 7.12. The molecule has 2 aromatic carbocycles. The van der Waals surface area contributed by atoms with Crippen LogP contribution in [0.15, 0.2) is 64.5 Å². The molecule has 2 aromatic rings. The minimum atomic E-state index is -0.234. The van der Waals surface area contributed by atoms with E-state index in [9.17, 15) is 9.59 Å². The third-order valence-electron chi connectivity index (χ3n) is 5.05. The highest BCUT2D eigenvalue weighted by molar-refractivity contribution is 8.18. The van der Waals surface area contributed by atoms with Gasteiger partial charge in [-0.3, -0.25) is 9.59 Å². The molecule has 1 saturated heterocycles. The quantitative estimate of drug-likeness (QED) is 0.708. The zero-order chi connectivity index (χ0) is 20.9. The first-order chi connectivity index (χ1) is 14.6. The van der Waals surface area contributed by atoms with Crippen molar-refractivity contribution in [1.82, 2.24) is 9.80 Å². The number of benzene rings is 2. The van der Waals surface area contributed by atoms with E-state index in [1.807, 2.05) is 65.6 Å². The highest BCUT2D eigenvalue weighted by Crippen LogP contribution is 2.32. The third kappa shape index (κ3) is 4.74. The molecule has 0 aromatic heterocycles. The van der Waals surface area contributed by atoms with Crippen LogP contribution in [0.3, 0.4) is 0 Å². The molecular weight excluding hydrogens is 398 g/mol. The smallest absolute Gasteiger partial charge is 0.286 e. The topological polar surface area (TPSA) is 62.2 Å². The Balaban J connectivity index is 1.43. The molecule has 0 saturated carbocycles. The Hall–Kier alpha value is -3.06. The molecule has 0 bridgehead atoms. The maximum atomic E-state index is 12.5. The van der Waals surface area contributed by atoms with Crippen molar-refractivity contribution in [3.8, 4) is 5.75 Å². The number of carbonyl (C=O) groups is 2. The summed E-state index contributed by atoms with van der Waals surface area (Å²) in [5, 5.41) is 0.706. The van der Waals surface area contributed by atoms with E-state index in [1.165, 1.54) is 11.8 Å². The Morgan fingerprint density at radius 1 is 1.07 bits per heavy atom. The van der Waals surface area contributed by atoms with E-state index in [0.29, 0.717) is 42.9 Å². The van der Waals surface area contributed by atoms with E-state index >= 15 is 0 Å². The van der Waals surface area contributed by atoms with Crippen LogP contribution >= 0.6 is 11.8 Å². The molecule has 0 radical (unpaired) electrons. The summed E-state index contributed by atoms with van der Waals surface area (Å²) in [5.41, 5.74) is 1.93. The first kappa shape index (κ1) is 20.2. The average Bonchev–Trinajstić information content (AvgIpc) is 3.14. The number of rotatable bonds is 4. The van der Waals surface area contributed by atoms with Gasteiger partial charge in [-0.25, -0.2) is 0 Å². The molecule has 0 unspecified atom stereocenters. The molecular formula is C23H23N3O3S. The number of carbonyl (C=O) groups excluding carboxylic acids is 2. The highest BCUT2D eigenvalue weighted by atomic mass is 32.2. The monoisotopic (exact) mass is 421 g/mol. The largest absolute Gasteiger partial charge is 0.488 e. The van der Waals surface area contributed by atoms with Gasteiger partial charge in [-0.1, -0.05) is 48.5 Å². The zero-order valence-corrected chi connectivity index (χ0v) is 17.6. The van der Waals surface area contributed by atoms with Crippen molar-refractivity contribution < 1.29 is 14.3 Å². The van der Waals surface area contributed by atoms with Crippen molar-refractivity contribution in [2.45, 2.75) is 13.5 Å². The van der Waals surface area contributed by atoms with Crippen LogP contribution in [0.2, 0.25) is 0 Å². The van der Waals surface area contributed by atoms with Crippen molar-refractivity contribution in [3.63, 3.8) is 0 Å². The van der Waals surface area contributed by atoms with E-state index in [1.54, 1.807) is 6.92 Å². The van der Waals surface area contributed by atoms with Gasteiger partial charge in [0.05, 0.1) is 4.91 Å². The summed E-state index contributed by atoms with van der Waals surface area (Å²) in [4.78, 5) is 32.7. The van der Waals surface area contributed by atoms with E-state index in [4.69, 9.17) is 4.74 Å². The number of thioether (sulfide) groups is 1. The molecule has 2 heterocycles. The normalized spacial score (nSPS) is 18.0. The molecule has 0 N–H and O–H groups in total. The molecule has 154 valence electrons. The lowest BCUT2D eigenvalue weighted by atomic mass is 10.2. The van der Waals surface area contributed by atoms with Crippen LogP contribution < -0.4 is 4.74 Å². The van der Waals surface area contributed by atoms with Gasteiger partial charge in [0.15, 0.2) is 5.17 Å². The first-order valence-corrected chi connectivity index (χ1v) is 10.7. The standard InChI is InChI=1S/C23H23N3O3S/c1-17(27)25-11-13-26(14-12-25)23-24-22(28)21(30-23)15-19-9-5-6-10-20(19)29-16-18-7-3-2-4-8-18/h2-10,15H,11-14,16H2,1H3/b21-15-. The summed E-state index contributed by atoms with van der Waals surface area (Å²) in [6.07, 6.45) is 1.84. The summed E-state index contributed by atoms with van der Waals surface area (Å²) >= 11 is 1.38. The molecule has 0 spiro atoms. The van der Waals surface area contributed by atoms with Gasteiger partial charge in [-0.15, -0.1) is 0 Å². The molecule has 2 aliphatic heterocycles. The van der Waals surface area contributed by atoms with Gasteiger partial charge in [0.2, 0.25) is 5.91 Å².